The zero-order valence-corrected chi connectivity index (χ0v) is 12.6. The molecule has 0 aromatic carbocycles. The molecule has 21 heavy (non-hydrogen) atoms. The minimum atomic E-state index is -0.876. The predicted molar refractivity (Wildman–Crippen MR) is 72.4 cm³/mol. The van der Waals surface area contributed by atoms with Gasteiger partial charge in [-0.05, 0) is 33.6 Å². The van der Waals surface area contributed by atoms with Gasteiger partial charge in [-0.25, -0.2) is 9.78 Å². The van der Waals surface area contributed by atoms with Crippen LogP contribution >= 0.6 is 0 Å². The number of carbonyl (C=O) groups excluding carboxylic acids is 1. The van der Waals surface area contributed by atoms with E-state index in [-0.39, 0.29) is 12.8 Å². The number of amides is 1. The summed E-state index contributed by atoms with van der Waals surface area (Å²) in [6.07, 6.45) is 1.33. The van der Waals surface area contributed by atoms with Gasteiger partial charge in [-0.3, -0.25) is 9.48 Å². The fourth-order valence-corrected chi connectivity index (χ4v) is 2.53. The number of hydrogen-bond donors (Lipinski definition) is 2. The van der Waals surface area contributed by atoms with Crippen molar-refractivity contribution in [1.82, 2.24) is 20.1 Å². The molecule has 116 valence electrons. The molecule has 0 unspecified atom stereocenters. The monoisotopic (exact) mass is 296 g/mol. The van der Waals surface area contributed by atoms with Crippen molar-refractivity contribution in [2.45, 2.75) is 44.8 Å². The molecule has 1 aliphatic rings. The molecule has 1 amide bonds. The van der Waals surface area contributed by atoms with Crippen molar-refractivity contribution in [2.24, 2.45) is 13.0 Å². The summed E-state index contributed by atoms with van der Waals surface area (Å²) in [6.45, 7) is 5.30. The van der Waals surface area contributed by atoms with Crippen molar-refractivity contribution in [3.05, 3.63) is 12.2 Å². The van der Waals surface area contributed by atoms with Crippen LogP contribution in [-0.2, 0) is 22.1 Å². The van der Waals surface area contributed by atoms with Crippen LogP contribution in [0.1, 0.15) is 39.4 Å². The number of ether oxygens (including phenoxy) is 1. The molecule has 0 bridgehead atoms. The highest BCUT2D eigenvalue weighted by Gasteiger charge is 2.53. The summed E-state index contributed by atoms with van der Waals surface area (Å²) in [5, 5.41) is 15.8. The molecule has 2 N–H and O–H groups in total. The molecule has 8 nitrogen and oxygen atoms in total. The largest absolute Gasteiger partial charge is 0.481 e. The Morgan fingerprint density at radius 3 is 2.52 bits per heavy atom. The number of aryl methyl sites for hydroxylation is 1. The molecule has 1 aliphatic carbocycles. The Bertz CT molecular complexity index is 555. The van der Waals surface area contributed by atoms with Crippen LogP contribution in [0.4, 0.5) is 4.79 Å². The first-order chi connectivity index (χ1) is 9.63. The number of nitrogens with one attached hydrogen (secondary N) is 1. The Kier molecular flexibility index (Phi) is 3.65. The van der Waals surface area contributed by atoms with Gasteiger partial charge < -0.3 is 15.2 Å². The molecule has 0 saturated heterocycles. The molecule has 1 saturated carbocycles. The summed E-state index contributed by atoms with van der Waals surface area (Å²) in [5.74, 6) is -0.846. The fourth-order valence-electron chi connectivity index (χ4n) is 2.53. The van der Waals surface area contributed by atoms with Crippen LogP contribution in [0.15, 0.2) is 6.33 Å². The van der Waals surface area contributed by atoms with Crippen LogP contribution in [0.2, 0.25) is 0 Å². The molecule has 0 radical (unpaired) electrons. The van der Waals surface area contributed by atoms with Gasteiger partial charge in [-0.15, -0.1) is 0 Å². The Balaban J connectivity index is 2.18. The SMILES string of the molecule is Cn1ncnc1C1(NC(=O)OC(C)(C)C)CC(C(=O)O)C1. The van der Waals surface area contributed by atoms with Gasteiger partial charge in [0.25, 0.3) is 0 Å². The number of hydrogen-bond acceptors (Lipinski definition) is 5. The highest BCUT2D eigenvalue weighted by Crippen LogP contribution is 2.45. The molecule has 0 spiro atoms. The van der Waals surface area contributed by atoms with E-state index in [4.69, 9.17) is 9.84 Å². The summed E-state index contributed by atoms with van der Waals surface area (Å²) in [5.41, 5.74) is -1.46. The van der Waals surface area contributed by atoms with Crippen LogP contribution in [0.3, 0.4) is 0 Å². The number of nitrogens with zero attached hydrogens (tertiary/aromatic N) is 3. The maximum atomic E-state index is 12.0. The lowest BCUT2D eigenvalue weighted by Crippen LogP contribution is -2.58. The molecular formula is C13H20N4O4. The van der Waals surface area contributed by atoms with Crippen LogP contribution in [0.25, 0.3) is 0 Å². The van der Waals surface area contributed by atoms with Crippen molar-refractivity contribution in [3.63, 3.8) is 0 Å². The van der Waals surface area contributed by atoms with E-state index in [1.807, 2.05) is 0 Å². The molecular weight excluding hydrogens is 276 g/mol. The van der Waals surface area contributed by atoms with Gasteiger partial charge in [0.15, 0.2) is 5.82 Å². The zero-order chi connectivity index (χ0) is 15.8. The molecule has 0 aliphatic heterocycles. The minimum absolute atomic E-state index is 0.272. The topological polar surface area (TPSA) is 106 Å². The van der Waals surface area contributed by atoms with E-state index in [0.29, 0.717) is 5.82 Å². The first-order valence-corrected chi connectivity index (χ1v) is 6.71. The Morgan fingerprint density at radius 2 is 2.10 bits per heavy atom. The Hall–Kier alpha value is -2.12. The first kappa shape index (κ1) is 15.3. The average Bonchev–Trinajstić information content (AvgIpc) is 2.66. The summed E-state index contributed by atoms with van der Waals surface area (Å²) in [7, 11) is 1.70. The van der Waals surface area contributed by atoms with Crippen molar-refractivity contribution < 1.29 is 19.4 Å². The van der Waals surface area contributed by atoms with Crippen LogP contribution < -0.4 is 5.32 Å². The number of rotatable bonds is 3. The predicted octanol–water partition coefficient (Wildman–Crippen LogP) is 1.03. The molecule has 1 fully saturated rings. The van der Waals surface area contributed by atoms with E-state index in [1.54, 1.807) is 27.8 Å². The highest BCUT2D eigenvalue weighted by molar-refractivity contribution is 5.74. The Labute approximate surface area is 122 Å². The number of alkyl carbamates (subject to hydrolysis) is 1. The van der Waals surface area contributed by atoms with Gasteiger partial charge in [0.1, 0.15) is 17.5 Å². The van der Waals surface area contributed by atoms with Gasteiger partial charge in [0, 0.05) is 7.05 Å². The number of carboxylic acids is 1. The van der Waals surface area contributed by atoms with Crippen LogP contribution in [0.5, 0.6) is 0 Å². The molecule has 1 heterocycles. The summed E-state index contributed by atoms with van der Waals surface area (Å²) >= 11 is 0. The first-order valence-electron chi connectivity index (χ1n) is 6.71. The third-order valence-corrected chi connectivity index (χ3v) is 3.42. The maximum Gasteiger partial charge on any atom is 0.408 e. The number of aromatic nitrogens is 3. The van der Waals surface area contributed by atoms with Crippen LogP contribution in [-0.4, -0.2) is 37.5 Å². The quantitative estimate of drug-likeness (QED) is 0.862. The van der Waals surface area contributed by atoms with Crippen molar-refractivity contribution in [2.75, 3.05) is 0 Å². The molecule has 1 aromatic heterocycles. The summed E-state index contributed by atoms with van der Waals surface area (Å²) in [6, 6.07) is 0. The number of aliphatic carboxylic acids is 1. The lowest BCUT2D eigenvalue weighted by molar-refractivity contribution is -0.148. The van der Waals surface area contributed by atoms with E-state index >= 15 is 0 Å². The van der Waals surface area contributed by atoms with Gasteiger partial charge in [0.05, 0.1) is 5.92 Å². The van der Waals surface area contributed by atoms with E-state index < -0.39 is 29.1 Å². The lowest BCUT2D eigenvalue weighted by Gasteiger charge is -2.45. The van der Waals surface area contributed by atoms with Crippen molar-refractivity contribution in [3.8, 4) is 0 Å². The molecule has 2 rings (SSSR count). The van der Waals surface area contributed by atoms with Crippen molar-refractivity contribution in [1.29, 1.82) is 0 Å². The van der Waals surface area contributed by atoms with E-state index in [1.165, 1.54) is 11.0 Å². The average molecular weight is 296 g/mol. The smallest absolute Gasteiger partial charge is 0.408 e. The second-order valence-corrected chi connectivity index (χ2v) is 6.36. The second kappa shape index (κ2) is 5.01. The van der Waals surface area contributed by atoms with E-state index in [2.05, 4.69) is 15.4 Å². The van der Waals surface area contributed by atoms with E-state index in [0.717, 1.165) is 0 Å². The van der Waals surface area contributed by atoms with Crippen LogP contribution in [0, 0.1) is 5.92 Å². The summed E-state index contributed by atoms with van der Waals surface area (Å²) < 4.78 is 6.78. The minimum Gasteiger partial charge on any atom is -0.481 e. The van der Waals surface area contributed by atoms with Crippen molar-refractivity contribution >= 4 is 12.1 Å². The zero-order valence-electron chi connectivity index (χ0n) is 12.6. The molecule has 8 heteroatoms. The number of carboxylic acid groups (broad SMARTS) is 1. The van der Waals surface area contributed by atoms with Gasteiger partial charge in [0.2, 0.25) is 0 Å². The summed E-state index contributed by atoms with van der Waals surface area (Å²) in [4.78, 5) is 27.2. The fraction of sp³-hybridized carbons (Fsp3) is 0.692. The van der Waals surface area contributed by atoms with E-state index in [9.17, 15) is 9.59 Å². The molecule has 0 atom stereocenters. The third kappa shape index (κ3) is 3.14. The number of carbonyl (C=O) groups is 2. The Morgan fingerprint density at radius 1 is 1.48 bits per heavy atom. The lowest BCUT2D eigenvalue weighted by atomic mass is 9.67. The maximum absolute atomic E-state index is 12.0. The second-order valence-electron chi connectivity index (χ2n) is 6.36. The normalized spacial score (nSPS) is 25.0. The van der Waals surface area contributed by atoms with Gasteiger partial charge in [-0.2, -0.15) is 5.10 Å². The molecule has 1 aromatic rings. The highest BCUT2D eigenvalue weighted by atomic mass is 16.6. The van der Waals surface area contributed by atoms with Gasteiger partial charge >= 0.3 is 12.1 Å². The standard InChI is InChI=1S/C13H20N4O4/c1-12(2,3)21-11(20)16-13(5-8(6-13)9(18)19)10-14-7-15-17(10)4/h7-8H,5-6H2,1-4H3,(H,16,20)(H,18,19). The van der Waals surface area contributed by atoms with Gasteiger partial charge in [-0.1, -0.05) is 0 Å². The third-order valence-electron chi connectivity index (χ3n) is 3.42.